The summed E-state index contributed by atoms with van der Waals surface area (Å²) in [4.78, 5) is 16.8. The zero-order valence-electron chi connectivity index (χ0n) is 14.1. The third-order valence-corrected chi connectivity index (χ3v) is 7.74. The third-order valence-electron chi connectivity index (χ3n) is 5.79. The quantitative estimate of drug-likeness (QED) is 0.788. The number of fused-ring (bicyclic) bond motifs is 1. The van der Waals surface area contributed by atoms with Crippen molar-refractivity contribution in [1.82, 2.24) is 4.90 Å². The number of nitrogens with zero attached hydrogens (tertiary/aromatic N) is 2. The van der Waals surface area contributed by atoms with E-state index >= 15 is 0 Å². The molecule has 1 aromatic carbocycles. The van der Waals surface area contributed by atoms with Crippen LogP contribution in [0.4, 0.5) is 5.69 Å². The molecule has 2 saturated heterocycles. The van der Waals surface area contributed by atoms with Gasteiger partial charge in [-0.25, -0.2) is 8.42 Å². The van der Waals surface area contributed by atoms with Gasteiger partial charge in [0.05, 0.1) is 24.1 Å². The lowest BCUT2D eigenvalue weighted by atomic mass is 9.91. The maximum absolute atomic E-state index is 12.9. The molecule has 0 radical (unpaired) electrons. The first-order valence-electron chi connectivity index (χ1n) is 8.98. The van der Waals surface area contributed by atoms with Gasteiger partial charge in [0.15, 0.2) is 9.84 Å². The molecular weight excluding hydrogens is 360 g/mol. The van der Waals surface area contributed by atoms with Crippen molar-refractivity contribution in [1.29, 1.82) is 0 Å². The first-order valence-corrected chi connectivity index (χ1v) is 11.2. The van der Waals surface area contributed by atoms with Crippen molar-refractivity contribution in [3.63, 3.8) is 0 Å². The summed E-state index contributed by atoms with van der Waals surface area (Å²) >= 11 is 5.96. The largest absolute Gasteiger partial charge is 0.306 e. The minimum Gasteiger partial charge on any atom is -0.306 e. The topological polar surface area (TPSA) is 57.7 Å². The van der Waals surface area contributed by atoms with E-state index in [-0.39, 0.29) is 29.5 Å². The molecule has 0 spiro atoms. The van der Waals surface area contributed by atoms with Crippen LogP contribution < -0.4 is 4.90 Å². The second kappa shape index (κ2) is 6.56. The van der Waals surface area contributed by atoms with Crippen LogP contribution in [0.3, 0.4) is 0 Å². The molecule has 2 heterocycles. The fourth-order valence-corrected chi connectivity index (χ4v) is 6.75. The Kier molecular flexibility index (Phi) is 4.54. The lowest BCUT2D eigenvalue weighted by molar-refractivity contribution is -0.124. The number of rotatable bonds is 2. The summed E-state index contributed by atoms with van der Waals surface area (Å²) in [6.45, 7) is 0.310. The van der Waals surface area contributed by atoms with Crippen LogP contribution in [0.1, 0.15) is 32.1 Å². The Hall–Kier alpha value is -1.11. The molecule has 5 nitrogen and oxygen atoms in total. The second-order valence-corrected chi connectivity index (χ2v) is 10.0. The van der Waals surface area contributed by atoms with Crippen LogP contribution in [0, 0.1) is 0 Å². The SMILES string of the molecule is O=C1CN(C2CCCCC2)C2CS(=O)(=O)CC2N1c1ccc(Cl)cc1. The van der Waals surface area contributed by atoms with Crippen molar-refractivity contribution in [3.05, 3.63) is 29.3 Å². The number of piperazine rings is 1. The summed E-state index contributed by atoms with van der Waals surface area (Å²) in [6.07, 6.45) is 5.71. The number of carbonyl (C=O) groups is 1. The number of benzene rings is 1. The van der Waals surface area contributed by atoms with E-state index in [2.05, 4.69) is 4.90 Å². The van der Waals surface area contributed by atoms with Crippen LogP contribution in [0.5, 0.6) is 0 Å². The molecular formula is C18H23ClN2O3S. The summed E-state index contributed by atoms with van der Waals surface area (Å²) in [5.41, 5.74) is 0.741. The third kappa shape index (κ3) is 3.32. The molecule has 0 bridgehead atoms. The molecule has 1 aromatic rings. The van der Waals surface area contributed by atoms with E-state index in [1.54, 1.807) is 29.2 Å². The number of sulfone groups is 1. The Bertz CT molecular complexity index is 759. The van der Waals surface area contributed by atoms with Crippen LogP contribution in [0.25, 0.3) is 0 Å². The Morgan fingerprint density at radius 3 is 2.28 bits per heavy atom. The van der Waals surface area contributed by atoms with Crippen LogP contribution in [-0.4, -0.2) is 55.4 Å². The van der Waals surface area contributed by atoms with Gasteiger partial charge in [-0.05, 0) is 37.1 Å². The molecule has 1 aliphatic carbocycles. The number of hydrogen-bond donors (Lipinski definition) is 0. The highest BCUT2D eigenvalue weighted by Crippen LogP contribution is 2.35. The fraction of sp³-hybridized carbons (Fsp3) is 0.611. The Balaban J connectivity index is 1.67. The van der Waals surface area contributed by atoms with Crippen molar-refractivity contribution in [2.45, 2.75) is 50.2 Å². The number of anilines is 1. The molecule has 3 fully saturated rings. The number of amides is 1. The van der Waals surface area contributed by atoms with Gasteiger partial charge in [-0.15, -0.1) is 0 Å². The molecule has 2 unspecified atom stereocenters. The molecule has 1 saturated carbocycles. The van der Waals surface area contributed by atoms with Gasteiger partial charge in [-0.2, -0.15) is 0 Å². The smallest absolute Gasteiger partial charge is 0.241 e. The molecule has 4 rings (SSSR count). The number of hydrogen-bond acceptors (Lipinski definition) is 4. The maximum atomic E-state index is 12.9. The molecule has 0 N–H and O–H groups in total. The van der Waals surface area contributed by atoms with Gasteiger partial charge in [-0.1, -0.05) is 30.9 Å². The van der Waals surface area contributed by atoms with Gasteiger partial charge in [-0.3, -0.25) is 9.69 Å². The summed E-state index contributed by atoms with van der Waals surface area (Å²) in [5, 5.41) is 0.604. The highest BCUT2D eigenvalue weighted by atomic mass is 35.5. The van der Waals surface area contributed by atoms with Gasteiger partial charge in [0.1, 0.15) is 0 Å². The predicted molar refractivity (Wildman–Crippen MR) is 98.7 cm³/mol. The molecule has 3 aliphatic rings. The van der Waals surface area contributed by atoms with Crippen LogP contribution in [-0.2, 0) is 14.6 Å². The standard InChI is InChI=1S/C18H23ClN2O3S/c19-13-6-8-15(9-7-13)21-17-12-25(23,24)11-16(17)20(10-18(21)22)14-4-2-1-3-5-14/h6-9,14,16-17H,1-5,10-12H2. The molecule has 2 atom stereocenters. The van der Waals surface area contributed by atoms with Crippen molar-refractivity contribution >= 4 is 33.0 Å². The van der Waals surface area contributed by atoms with Crippen molar-refractivity contribution in [2.24, 2.45) is 0 Å². The van der Waals surface area contributed by atoms with Crippen LogP contribution in [0.2, 0.25) is 5.02 Å². The summed E-state index contributed by atoms with van der Waals surface area (Å²) in [7, 11) is -3.13. The van der Waals surface area contributed by atoms with Crippen molar-refractivity contribution in [2.75, 3.05) is 23.0 Å². The van der Waals surface area contributed by atoms with Crippen molar-refractivity contribution < 1.29 is 13.2 Å². The average molecular weight is 383 g/mol. The molecule has 136 valence electrons. The monoisotopic (exact) mass is 382 g/mol. The molecule has 0 aromatic heterocycles. The van der Waals surface area contributed by atoms with Crippen LogP contribution in [0.15, 0.2) is 24.3 Å². The Labute approximate surface area is 153 Å². The van der Waals surface area contributed by atoms with Gasteiger partial charge >= 0.3 is 0 Å². The molecule has 25 heavy (non-hydrogen) atoms. The fourth-order valence-electron chi connectivity index (χ4n) is 4.66. The number of carbonyl (C=O) groups excluding carboxylic acids is 1. The molecule has 7 heteroatoms. The minimum atomic E-state index is -3.13. The van der Waals surface area contributed by atoms with E-state index in [1.807, 2.05) is 0 Å². The first kappa shape index (κ1) is 17.3. The lowest BCUT2D eigenvalue weighted by Crippen LogP contribution is -2.64. The summed E-state index contributed by atoms with van der Waals surface area (Å²) in [5.74, 6) is 0.201. The summed E-state index contributed by atoms with van der Waals surface area (Å²) < 4.78 is 24.8. The zero-order chi connectivity index (χ0) is 17.6. The number of halogens is 1. The van der Waals surface area contributed by atoms with Crippen LogP contribution >= 0.6 is 11.6 Å². The summed E-state index contributed by atoms with van der Waals surface area (Å²) in [6, 6.07) is 7.05. The van der Waals surface area contributed by atoms with E-state index in [9.17, 15) is 13.2 Å². The predicted octanol–water partition coefficient (Wildman–Crippen LogP) is 2.49. The first-order chi connectivity index (χ1) is 11.9. The zero-order valence-corrected chi connectivity index (χ0v) is 15.7. The molecule has 2 aliphatic heterocycles. The minimum absolute atomic E-state index is 0.00811. The molecule has 1 amide bonds. The highest BCUT2D eigenvalue weighted by molar-refractivity contribution is 7.91. The normalized spacial score (nSPS) is 30.4. The Morgan fingerprint density at radius 2 is 1.60 bits per heavy atom. The van der Waals surface area contributed by atoms with E-state index in [0.717, 1.165) is 18.5 Å². The van der Waals surface area contributed by atoms with Crippen molar-refractivity contribution in [3.8, 4) is 0 Å². The lowest BCUT2D eigenvalue weighted by Gasteiger charge is -2.47. The Morgan fingerprint density at radius 1 is 0.960 bits per heavy atom. The van der Waals surface area contributed by atoms with E-state index in [4.69, 9.17) is 11.6 Å². The van der Waals surface area contributed by atoms with E-state index < -0.39 is 9.84 Å². The average Bonchev–Trinajstić information content (AvgIpc) is 2.91. The highest BCUT2D eigenvalue weighted by Gasteiger charge is 2.51. The van der Waals surface area contributed by atoms with Gasteiger partial charge in [0.25, 0.3) is 0 Å². The second-order valence-electron chi connectivity index (χ2n) is 7.42. The van der Waals surface area contributed by atoms with E-state index in [1.165, 1.54) is 19.3 Å². The van der Waals surface area contributed by atoms with Gasteiger partial charge < -0.3 is 4.90 Å². The maximum Gasteiger partial charge on any atom is 0.241 e. The van der Waals surface area contributed by atoms with Gasteiger partial charge in [0.2, 0.25) is 5.91 Å². The van der Waals surface area contributed by atoms with Gasteiger partial charge in [0, 0.05) is 22.8 Å². The van der Waals surface area contributed by atoms with E-state index in [0.29, 0.717) is 17.6 Å².